The molecule has 1 unspecified atom stereocenters. The molecule has 0 bridgehead atoms. The second-order valence-electron chi connectivity index (χ2n) is 2.15. The highest BCUT2D eigenvalue weighted by Crippen LogP contribution is 1.77. The standard InChI is InChI=1S/C7H14N2O/c1-3-4-7(10)9-6(2)5-8/h3-4,6H,5,8H2,1-2H3,(H,9,10). The largest absolute Gasteiger partial charge is 0.349 e. The smallest absolute Gasteiger partial charge is 0.243 e. The maximum Gasteiger partial charge on any atom is 0.243 e. The Kier molecular flexibility index (Phi) is 4.58. The molecule has 3 heteroatoms. The SMILES string of the molecule is CC=CC(=O)NC(C)CN. The van der Waals surface area contributed by atoms with E-state index in [-0.39, 0.29) is 11.9 Å². The van der Waals surface area contributed by atoms with E-state index in [1.54, 1.807) is 13.0 Å². The lowest BCUT2D eigenvalue weighted by Crippen LogP contribution is -2.36. The Hall–Kier alpha value is -0.830. The van der Waals surface area contributed by atoms with Gasteiger partial charge in [-0.05, 0) is 19.9 Å². The van der Waals surface area contributed by atoms with Gasteiger partial charge in [-0.15, -0.1) is 0 Å². The summed E-state index contributed by atoms with van der Waals surface area (Å²) in [6.07, 6.45) is 3.17. The van der Waals surface area contributed by atoms with Gasteiger partial charge in [0.15, 0.2) is 0 Å². The molecule has 3 nitrogen and oxygen atoms in total. The Morgan fingerprint density at radius 2 is 2.40 bits per heavy atom. The number of hydrogen-bond acceptors (Lipinski definition) is 2. The van der Waals surface area contributed by atoms with Crippen LogP contribution in [0.1, 0.15) is 13.8 Å². The number of rotatable bonds is 3. The Labute approximate surface area is 61.3 Å². The molecule has 0 heterocycles. The lowest BCUT2D eigenvalue weighted by atomic mass is 10.3. The third kappa shape index (κ3) is 4.09. The molecule has 58 valence electrons. The highest BCUT2D eigenvalue weighted by atomic mass is 16.1. The minimum Gasteiger partial charge on any atom is -0.349 e. The van der Waals surface area contributed by atoms with Crippen LogP contribution in [0.5, 0.6) is 0 Å². The van der Waals surface area contributed by atoms with Crippen molar-refractivity contribution in [2.45, 2.75) is 19.9 Å². The zero-order valence-corrected chi connectivity index (χ0v) is 6.42. The molecular formula is C7H14N2O. The molecular weight excluding hydrogens is 128 g/mol. The van der Waals surface area contributed by atoms with Crippen LogP contribution in [0.15, 0.2) is 12.2 Å². The average molecular weight is 142 g/mol. The molecule has 0 aliphatic rings. The van der Waals surface area contributed by atoms with Gasteiger partial charge in [0.2, 0.25) is 5.91 Å². The average Bonchev–Trinajstić information content (AvgIpc) is 1.88. The van der Waals surface area contributed by atoms with Crippen molar-refractivity contribution < 1.29 is 4.79 Å². The lowest BCUT2D eigenvalue weighted by molar-refractivity contribution is -0.117. The van der Waals surface area contributed by atoms with Gasteiger partial charge in [0.25, 0.3) is 0 Å². The molecule has 0 aliphatic carbocycles. The van der Waals surface area contributed by atoms with Gasteiger partial charge in [0.05, 0.1) is 0 Å². The van der Waals surface area contributed by atoms with Crippen molar-refractivity contribution in [1.29, 1.82) is 0 Å². The minimum absolute atomic E-state index is 0.0590. The molecule has 0 spiro atoms. The van der Waals surface area contributed by atoms with Crippen LogP contribution in [0, 0.1) is 0 Å². The first-order valence-electron chi connectivity index (χ1n) is 3.34. The molecule has 1 amide bonds. The maximum absolute atomic E-state index is 10.8. The highest BCUT2D eigenvalue weighted by Gasteiger charge is 1.99. The normalized spacial score (nSPS) is 13.5. The second kappa shape index (κ2) is 4.99. The number of allylic oxidation sites excluding steroid dienone is 1. The van der Waals surface area contributed by atoms with Crippen molar-refractivity contribution in [1.82, 2.24) is 5.32 Å². The quantitative estimate of drug-likeness (QED) is 0.546. The number of nitrogens with one attached hydrogen (secondary N) is 1. The number of amides is 1. The minimum atomic E-state index is -0.0829. The predicted molar refractivity (Wildman–Crippen MR) is 41.5 cm³/mol. The summed E-state index contributed by atoms with van der Waals surface area (Å²) in [5.74, 6) is -0.0829. The summed E-state index contributed by atoms with van der Waals surface area (Å²) in [5, 5.41) is 2.68. The van der Waals surface area contributed by atoms with Crippen molar-refractivity contribution in [3.05, 3.63) is 12.2 Å². The van der Waals surface area contributed by atoms with Crippen LogP contribution in [0.3, 0.4) is 0 Å². The van der Waals surface area contributed by atoms with Gasteiger partial charge in [-0.25, -0.2) is 0 Å². The van der Waals surface area contributed by atoms with Crippen LogP contribution in [0.25, 0.3) is 0 Å². The van der Waals surface area contributed by atoms with E-state index >= 15 is 0 Å². The molecule has 0 saturated carbocycles. The van der Waals surface area contributed by atoms with Crippen LogP contribution in [-0.4, -0.2) is 18.5 Å². The van der Waals surface area contributed by atoms with Gasteiger partial charge in [-0.2, -0.15) is 0 Å². The highest BCUT2D eigenvalue weighted by molar-refractivity contribution is 5.87. The fourth-order valence-corrected chi connectivity index (χ4v) is 0.501. The van der Waals surface area contributed by atoms with E-state index in [0.29, 0.717) is 6.54 Å². The second-order valence-corrected chi connectivity index (χ2v) is 2.15. The van der Waals surface area contributed by atoms with Crippen molar-refractivity contribution in [3.63, 3.8) is 0 Å². The van der Waals surface area contributed by atoms with E-state index in [1.807, 2.05) is 6.92 Å². The number of hydrogen-bond donors (Lipinski definition) is 2. The summed E-state index contributed by atoms with van der Waals surface area (Å²) in [6.45, 7) is 4.14. The maximum atomic E-state index is 10.8. The fraction of sp³-hybridized carbons (Fsp3) is 0.571. The molecule has 0 aromatic rings. The molecule has 0 radical (unpaired) electrons. The number of carbonyl (C=O) groups excluding carboxylic acids is 1. The van der Waals surface area contributed by atoms with Crippen molar-refractivity contribution in [2.24, 2.45) is 5.73 Å². The first-order valence-corrected chi connectivity index (χ1v) is 3.34. The van der Waals surface area contributed by atoms with Crippen LogP contribution in [0.4, 0.5) is 0 Å². The first-order chi connectivity index (χ1) is 4.70. The summed E-state index contributed by atoms with van der Waals surface area (Å²) < 4.78 is 0. The summed E-state index contributed by atoms with van der Waals surface area (Å²) in [6, 6.07) is 0.0590. The Balaban J connectivity index is 3.57. The lowest BCUT2D eigenvalue weighted by Gasteiger charge is -2.07. The van der Waals surface area contributed by atoms with E-state index in [4.69, 9.17) is 5.73 Å². The summed E-state index contributed by atoms with van der Waals surface area (Å²) in [5.41, 5.74) is 5.28. The molecule has 0 saturated heterocycles. The molecule has 3 N–H and O–H groups in total. The molecule has 0 aromatic heterocycles. The van der Waals surface area contributed by atoms with E-state index < -0.39 is 0 Å². The molecule has 0 fully saturated rings. The fourth-order valence-electron chi connectivity index (χ4n) is 0.501. The van der Waals surface area contributed by atoms with Gasteiger partial charge in [0, 0.05) is 12.6 Å². The number of carbonyl (C=O) groups is 1. The van der Waals surface area contributed by atoms with Crippen LogP contribution >= 0.6 is 0 Å². The zero-order valence-electron chi connectivity index (χ0n) is 6.42. The predicted octanol–water partition coefficient (Wildman–Crippen LogP) is 0.0259. The van der Waals surface area contributed by atoms with Crippen LogP contribution in [0.2, 0.25) is 0 Å². The third-order valence-corrected chi connectivity index (χ3v) is 1.06. The monoisotopic (exact) mass is 142 g/mol. The summed E-state index contributed by atoms with van der Waals surface area (Å²) in [7, 11) is 0. The summed E-state index contributed by atoms with van der Waals surface area (Å²) in [4.78, 5) is 10.8. The van der Waals surface area contributed by atoms with Gasteiger partial charge < -0.3 is 11.1 Å². The molecule has 0 aliphatic heterocycles. The van der Waals surface area contributed by atoms with Crippen molar-refractivity contribution in [3.8, 4) is 0 Å². The first kappa shape index (κ1) is 9.17. The van der Waals surface area contributed by atoms with E-state index in [0.717, 1.165) is 0 Å². The van der Waals surface area contributed by atoms with Crippen LogP contribution in [-0.2, 0) is 4.79 Å². The third-order valence-electron chi connectivity index (χ3n) is 1.06. The van der Waals surface area contributed by atoms with Crippen molar-refractivity contribution in [2.75, 3.05) is 6.54 Å². The van der Waals surface area contributed by atoms with Gasteiger partial charge in [-0.1, -0.05) is 6.08 Å². The van der Waals surface area contributed by atoms with E-state index in [2.05, 4.69) is 5.32 Å². The van der Waals surface area contributed by atoms with E-state index in [1.165, 1.54) is 6.08 Å². The summed E-state index contributed by atoms with van der Waals surface area (Å²) >= 11 is 0. The molecule has 0 rings (SSSR count). The van der Waals surface area contributed by atoms with E-state index in [9.17, 15) is 4.79 Å². The molecule has 1 atom stereocenters. The van der Waals surface area contributed by atoms with Gasteiger partial charge in [0.1, 0.15) is 0 Å². The Bertz CT molecular complexity index is 132. The van der Waals surface area contributed by atoms with Crippen LogP contribution < -0.4 is 11.1 Å². The zero-order chi connectivity index (χ0) is 7.98. The Morgan fingerprint density at radius 3 is 2.80 bits per heavy atom. The Morgan fingerprint density at radius 1 is 1.80 bits per heavy atom. The number of nitrogens with two attached hydrogens (primary N) is 1. The van der Waals surface area contributed by atoms with Gasteiger partial charge >= 0.3 is 0 Å². The molecule has 0 aromatic carbocycles. The molecule has 10 heavy (non-hydrogen) atoms. The van der Waals surface area contributed by atoms with Crippen molar-refractivity contribution >= 4 is 5.91 Å². The topological polar surface area (TPSA) is 55.1 Å². The van der Waals surface area contributed by atoms with Gasteiger partial charge in [-0.3, -0.25) is 4.79 Å².